The Balaban J connectivity index is 1.28. The van der Waals surface area contributed by atoms with E-state index in [0.29, 0.717) is 12.0 Å². The van der Waals surface area contributed by atoms with Crippen LogP contribution >= 0.6 is 0 Å². The molecular weight excluding hydrogens is 348 g/mol. The monoisotopic (exact) mass is 378 g/mol. The molecule has 1 fully saturated rings. The highest BCUT2D eigenvalue weighted by Gasteiger charge is 2.28. The van der Waals surface area contributed by atoms with Gasteiger partial charge in [-0.2, -0.15) is 0 Å². The number of hydrogen-bond acceptors (Lipinski definition) is 5. The lowest BCUT2D eigenvalue weighted by atomic mass is 9.83. The molecule has 1 aromatic heterocycles. The average molecular weight is 379 g/mol. The third-order valence-corrected chi connectivity index (χ3v) is 5.91. The van der Waals surface area contributed by atoms with Gasteiger partial charge in [-0.15, -0.1) is 0 Å². The van der Waals surface area contributed by atoms with Crippen molar-refractivity contribution < 1.29 is 0 Å². The van der Waals surface area contributed by atoms with E-state index in [2.05, 4.69) is 45.6 Å². The highest BCUT2D eigenvalue weighted by Crippen LogP contribution is 2.36. The molecule has 0 atom stereocenters. The molecule has 6 N–H and O–H groups in total. The minimum Gasteiger partial charge on any atom is -0.400 e. The number of nitrogens with one attached hydrogen (secondary N) is 2. The lowest BCUT2D eigenvalue weighted by Gasteiger charge is -2.32. The van der Waals surface area contributed by atoms with Crippen LogP contribution in [-0.4, -0.2) is 28.9 Å². The van der Waals surface area contributed by atoms with Gasteiger partial charge in [-0.1, -0.05) is 30.3 Å². The van der Waals surface area contributed by atoms with Crippen LogP contribution in [0, 0.1) is 5.92 Å². The molecule has 0 bridgehead atoms. The number of hydrogen-bond donors (Lipinski definition) is 4. The molecule has 2 heterocycles. The van der Waals surface area contributed by atoms with Crippen LogP contribution < -0.4 is 16.9 Å². The van der Waals surface area contributed by atoms with E-state index < -0.39 is 0 Å². The van der Waals surface area contributed by atoms with Crippen LogP contribution in [0.2, 0.25) is 0 Å². The molecule has 0 unspecified atom stereocenters. The summed E-state index contributed by atoms with van der Waals surface area (Å²) >= 11 is 0. The summed E-state index contributed by atoms with van der Waals surface area (Å²) in [7, 11) is 0. The maximum atomic E-state index is 6.58. The van der Waals surface area contributed by atoms with Gasteiger partial charge in [0.05, 0.1) is 5.70 Å². The molecule has 148 valence electrons. The summed E-state index contributed by atoms with van der Waals surface area (Å²) in [5.41, 5.74) is 10.8. The summed E-state index contributed by atoms with van der Waals surface area (Å²) in [4.78, 5) is 7.44. The number of fused-ring (bicyclic) bond motifs is 1. The van der Waals surface area contributed by atoms with Crippen molar-refractivity contribution in [3.63, 3.8) is 0 Å². The molecule has 0 amide bonds. The van der Waals surface area contributed by atoms with Crippen LogP contribution in [0.1, 0.15) is 43.2 Å². The minimum absolute atomic E-state index is 0.373. The van der Waals surface area contributed by atoms with Crippen LogP contribution in [0.5, 0.6) is 0 Å². The molecule has 1 aromatic carbocycles. The van der Waals surface area contributed by atoms with E-state index in [1.165, 1.54) is 12.0 Å². The quantitative estimate of drug-likeness (QED) is 0.458. The highest BCUT2D eigenvalue weighted by molar-refractivity contribution is 5.86. The first-order chi connectivity index (χ1) is 13.7. The largest absolute Gasteiger partial charge is 0.400 e. The molecule has 4 rings (SSSR count). The third kappa shape index (κ3) is 4.13. The van der Waals surface area contributed by atoms with Gasteiger partial charge < -0.3 is 16.0 Å². The fourth-order valence-corrected chi connectivity index (χ4v) is 4.33. The van der Waals surface area contributed by atoms with E-state index >= 15 is 0 Å². The fourth-order valence-electron chi connectivity index (χ4n) is 4.33. The summed E-state index contributed by atoms with van der Waals surface area (Å²) in [6.07, 6.45) is 10.3. The van der Waals surface area contributed by atoms with Crippen molar-refractivity contribution >= 4 is 17.9 Å². The van der Waals surface area contributed by atoms with Crippen molar-refractivity contribution in [1.29, 1.82) is 0 Å². The van der Waals surface area contributed by atoms with Gasteiger partial charge in [0.25, 0.3) is 0 Å². The van der Waals surface area contributed by atoms with Crippen molar-refractivity contribution in [2.24, 2.45) is 22.5 Å². The van der Waals surface area contributed by atoms with Crippen molar-refractivity contribution in [3.05, 3.63) is 59.4 Å². The Bertz CT molecular complexity index is 830. The Morgan fingerprint density at radius 1 is 1.14 bits per heavy atom. The van der Waals surface area contributed by atoms with Crippen LogP contribution in [0.25, 0.3) is 5.70 Å². The number of nitrogens with zero attached hydrogens (tertiary/aromatic N) is 2. The van der Waals surface area contributed by atoms with Crippen LogP contribution in [0.4, 0.5) is 5.82 Å². The lowest BCUT2D eigenvalue weighted by Crippen LogP contribution is -2.37. The molecule has 1 saturated carbocycles. The summed E-state index contributed by atoms with van der Waals surface area (Å²) < 4.78 is 0. The van der Waals surface area contributed by atoms with E-state index in [0.717, 1.165) is 61.4 Å². The molecule has 6 nitrogen and oxygen atoms in total. The second-order valence-electron chi connectivity index (χ2n) is 7.79. The van der Waals surface area contributed by atoms with E-state index in [-0.39, 0.29) is 0 Å². The number of nitrogens with two attached hydrogens (primary N) is 2. The lowest BCUT2D eigenvalue weighted by molar-refractivity contribution is 0.316. The molecule has 0 radical (unpaired) electrons. The zero-order valence-corrected chi connectivity index (χ0v) is 16.3. The first kappa shape index (κ1) is 18.8. The van der Waals surface area contributed by atoms with Gasteiger partial charge >= 0.3 is 0 Å². The van der Waals surface area contributed by atoms with E-state index in [9.17, 15) is 0 Å². The number of aromatic amines is 1. The van der Waals surface area contributed by atoms with Gasteiger partial charge in [-0.25, -0.2) is 10.8 Å². The molecular formula is C22H30N6. The summed E-state index contributed by atoms with van der Waals surface area (Å²) in [6, 6.07) is 13.3. The molecule has 1 aliphatic heterocycles. The van der Waals surface area contributed by atoms with Gasteiger partial charge in [0, 0.05) is 29.4 Å². The van der Waals surface area contributed by atoms with Crippen LogP contribution in [0.15, 0.2) is 53.3 Å². The Morgan fingerprint density at radius 3 is 2.71 bits per heavy atom. The first-order valence-corrected chi connectivity index (χ1v) is 10.2. The Morgan fingerprint density at radius 2 is 1.93 bits per heavy atom. The second-order valence-corrected chi connectivity index (χ2v) is 7.79. The van der Waals surface area contributed by atoms with E-state index in [1.807, 2.05) is 12.3 Å². The number of allylic oxidation sites excluding steroid dienone is 1. The van der Waals surface area contributed by atoms with Gasteiger partial charge in [0.15, 0.2) is 0 Å². The van der Waals surface area contributed by atoms with Gasteiger partial charge in [0.1, 0.15) is 12.2 Å². The normalized spacial score (nSPS) is 23.5. The number of aromatic nitrogens is 1. The number of benzene rings is 1. The average Bonchev–Trinajstić information content (AvgIpc) is 3.21. The topological polar surface area (TPSA) is 95.5 Å². The zero-order chi connectivity index (χ0) is 19.3. The summed E-state index contributed by atoms with van der Waals surface area (Å²) in [5, 5.41) is 5.29. The molecule has 1 aliphatic carbocycles. The number of hydrazine groups is 1. The molecule has 6 heteroatoms. The second kappa shape index (κ2) is 8.63. The Hall–Kier alpha value is -2.57. The zero-order valence-electron chi connectivity index (χ0n) is 16.3. The number of rotatable bonds is 6. The maximum Gasteiger partial charge on any atom is 0.141 e. The molecule has 0 spiro atoms. The van der Waals surface area contributed by atoms with Gasteiger partial charge in [-0.05, 0) is 56.7 Å². The summed E-state index contributed by atoms with van der Waals surface area (Å²) in [5.74, 6) is 7.34. The standard InChI is InChI=1S/C22H30N6/c23-20(21-19-12-14-26-22(19)27-15-28(21)24)17-8-10-18(11-9-17)25-13-4-7-16-5-2-1-3-6-16/h1-3,5-6,12,14-15,17-18,25-26H,4,7-11,13,23-24H2/b21-20-. The fraction of sp³-hybridized carbons (Fsp3) is 0.409. The predicted octanol–water partition coefficient (Wildman–Crippen LogP) is 3.27. The highest BCUT2D eigenvalue weighted by atomic mass is 15.4. The molecule has 2 aromatic rings. The molecule has 2 aliphatic rings. The number of H-pyrrole nitrogens is 1. The third-order valence-electron chi connectivity index (χ3n) is 5.91. The number of aryl methyl sites for hydroxylation is 1. The summed E-state index contributed by atoms with van der Waals surface area (Å²) in [6.45, 7) is 1.07. The SMILES string of the molecule is N/C(=C1/c2cc[nH]c2N=CN1N)C1CCC(NCCCc2ccccc2)CC1. The van der Waals surface area contributed by atoms with Gasteiger partial charge in [0.2, 0.25) is 0 Å². The van der Waals surface area contributed by atoms with Crippen molar-refractivity contribution in [2.75, 3.05) is 6.54 Å². The predicted molar refractivity (Wildman–Crippen MR) is 115 cm³/mol. The van der Waals surface area contributed by atoms with Crippen molar-refractivity contribution in [3.8, 4) is 0 Å². The van der Waals surface area contributed by atoms with E-state index in [4.69, 9.17) is 11.6 Å². The first-order valence-electron chi connectivity index (χ1n) is 10.2. The van der Waals surface area contributed by atoms with Crippen molar-refractivity contribution in [1.82, 2.24) is 15.3 Å². The molecule has 28 heavy (non-hydrogen) atoms. The maximum absolute atomic E-state index is 6.58. The molecule has 0 saturated heterocycles. The number of aliphatic imine (C=N–C) groups is 1. The Labute approximate surface area is 166 Å². The van der Waals surface area contributed by atoms with E-state index in [1.54, 1.807) is 11.3 Å². The Kier molecular flexibility index (Phi) is 5.78. The minimum atomic E-state index is 0.373. The van der Waals surface area contributed by atoms with Crippen LogP contribution in [0.3, 0.4) is 0 Å². The van der Waals surface area contributed by atoms with Gasteiger partial charge in [-0.3, -0.25) is 5.01 Å². The smallest absolute Gasteiger partial charge is 0.141 e. The van der Waals surface area contributed by atoms with Crippen molar-refractivity contribution in [2.45, 2.75) is 44.6 Å². The van der Waals surface area contributed by atoms with Crippen LogP contribution in [-0.2, 0) is 6.42 Å².